The van der Waals surface area contributed by atoms with Crippen molar-refractivity contribution in [2.24, 2.45) is 0 Å². The maximum absolute atomic E-state index is 12.0. The number of benzene rings is 1. The van der Waals surface area contributed by atoms with Crippen molar-refractivity contribution < 1.29 is 19.1 Å². The van der Waals surface area contributed by atoms with Crippen LogP contribution in [0, 0.1) is 6.92 Å². The van der Waals surface area contributed by atoms with Gasteiger partial charge in [0.05, 0.1) is 18.4 Å². The van der Waals surface area contributed by atoms with Crippen LogP contribution in [0.2, 0.25) is 0 Å². The minimum atomic E-state index is -0.570. The molecule has 0 aliphatic carbocycles. The van der Waals surface area contributed by atoms with Crippen molar-refractivity contribution in [2.75, 3.05) is 18.6 Å². The average molecular weight is 273 g/mol. The minimum absolute atomic E-state index is 0.168. The molecule has 1 aromatic rings. The molecular weight excluding hydrogens is 258 g/mol. The molecule has 2 rings (SSSR count). The summed E-state index contributed by atoms with van der Waals surface area (Å²) in [6.07, 6.45) is 1.58. The topological polar surface area (TPSA) is 63.7 Å². The molecule has 0 bridgehead atoms. The van der Waals surface area contributed by atoms with Crippen LogP contribution in [-0.4, -0.2) is 31.3 Å². The van der Waals surface area contributed by atoms with Crippen molar-refractivity contribution in [3.8, 4) is 0 Å². The molecule has 1 heterocycles. The van der Waals surface area contributed by atoms with Crippen LogP contribution >= 0.6 is 0 Å². The highest BCUT2D eigenvalue weighted by Gasteiger charge is 2.35. The van der Waals surface area contributed by atoms with E-state index in [0.717, 1.165) is 5.56 Å². The SMILES string of the molecule is COC(=O)C(C)=CCN1C(=O)C(=O)c2cc(C)ccc21. The van der Waals surface area contributed by atoms with Crippen LogP contribution in [0.4, 0.5) is 5.69 Å². The van der Waals surface area contributed by atoms with Gasteiger partial charge in [-0.2, -0.15) is 0 Å². The second kappa shape index (κ2) is 5.28. The standard InChI is InChI=1S/C15H15NO4/c1-9-4-5-12-11(8-9)13(17)14(18)16(12)7-6-10(2)15(19)20-3/h4-6,8H,7H2,1-3H3. The summed E-state index contributed by atoms with van der Waals surface area (Å²) in [5.41, 5.74) is 2.32. The van der Waals surface area contributed by atoms with E-state index in [-0.39, 0.29) is 6.54 Å². The smallest absolute Gasteiger partial charge is 0.333 e. The van der Waals surface area contributed by atoms with Gasteiger partial charge in [0.15, 0.2) is 0 Å². The highest BCUT2D eigenvalue weighted by atomic mass is 16.5. The van der Waals surface area contributed by atoms with Crippen molar-refractivity contribution >= 4 is 23.3 Å². The van der Waals surface area contributed by atoms with E-state index in [1.54, 1.807) is 25.1 Å². The van der Waals surface area contributed by atoms with Crippen LogP contribution in [0.3, 0.4) is 0 Å². The Morgan fingerprint density at radius 2 is 2.05 bits per heavy atom. The van der Waals surface area contributed by atoms with E-state index in [0.29, 0.717) is 16.8 Å². The first kappa shape index (κ1) is 14.0. The second-order valence-electron chi connectivity index (χ2n) is 4.64. The summed E-state index contributed by atoms with van der Waals surface area (Å²) in [6, 6.07) is 5.29. The maximum Gasteiger partial charge on any atom is 0.333 e. The predicted octanol–water partition coefficient (Wildman–Crippen LogP) is 1.64. The Labute approximate surface area is 116 Å². The van der Waals surface area contributed by atoms with Gasteiger partial charge in [-0.25, -0.2) is 4.79 Å². The van der Waals surface area contributed by atoms with Crippen LogP contribution in [0.25, 0.3) is 0 Å². The molecule has 0 unspecified atom stereocenters. The molecule has 0 fully saturated rings. The lowest BCUT2D eigenvalue weighted by Crippen LogP contribution is -2.30. The third-order valence-electron chi connectivity index (χ3n) is 3.21. The molecular formula is C15H15NO4. The van der Waals surface area contributed by atoms with Crippen LogP contribution in [-0.2, 0) is 14.3 Å². The largest absolute Gasteiger partial charge is 0.466 e. The molecule has 104 valence electrons. The van der Waals surface area contributed by atoms with Crippen molar-refractivity contribution in [1.29, 1.82) is 0 Å². The van der Waals surface area contributed by atoms with E-state index < -0.39 is 17.7 Å². The third kappa shape index (κ3) is 2.34. The first-order valence-electron chi connectivity index (χ1n) is 6.17. The molecule has 5 nitrogen and oxygen atoms in total. The Morgan fingerprint density at radius 3 is 2.70 bits per heavy atom. The minimum Gasteiger partial charge on any atom is -0.466 e. The fourth-order valence-electron chi connectivity index (χ4n) is 2.07. The van der Waals surface area contributed by atoms with Gasteiger partial charge in [0.1, 0.15) is 0 Å². The number of rotatable bonds is 3. The van der Waals surface area contributed by atoms with E-state index in [9.17, 15) is 14.4 Å². The molecule has 1 amide bonds. The third-order valence-corrected chi connectivity index (χ3v) is 3.21. The molecule has 0 saturated heterocycles. The monoisotopic (exact) mass is 273 g/mol. The van der Waals surface area contributed by atoms with Gasteiger partial charge < -0.3 is 9.64 Å². The zero-order chi connectivity index (χ0) is 14.9. The lowest BCUT2D eigenvalue weighted by Gasteiger charge is -2.14. The number of ketones is 1. The van der Waals surface area contributed by atoms with Gasteiger partial charge in [-0.05, 0) is 26.0 Å². The zero-order valence-electron chi connectivity index (χ0n) is 11.6. The first-order valence-corrected chi connectivity index (χ1v) is 6.17. The number of amides is 1. The van der Waals surface area contributed by atoms with Gasteiger partial charge in [0, 0.05) is 12.1 Å². The molecule has 0 N–H and O–H groups in total. The number of fused-ring (bicyclic) bond motifs is 1. The average Bonchev–Trinajstić information content (AvgIpc) is 2.67. The summed E-state index contributed by atoms with van der Waals surface area (Å²) in [6.45, 7) is 3.63. The van der Waals surface area contributed by atoms with Crippen molar-refractivity contribution in [3.05, 3.63) is 41.0 Å². The first-order chi connectivity index (χ1) is 9.45. The second-order valence-corrected chi connectivity index (χ2v) is 4.64. The summed E-state index contributed by atoms with van der Waals surface area (Å²) in [5, 5.41) is 0. The van der Waals surface area contributed by atoms with Crippen molar-refractivity contribution in [2.45, 2.75) is 13.8 Å². The molecule has 0 radical (unpaired) electrons. The number of anilines is 1. The summed E-state index contributed by atoms with van der Waals surface area (Å²) in [5.74, 6) is -1.53. The molecule has 1 aromatic carbocycles. The molecule has 0 spiro atoms. The van der Waals surface area contributed by atoms with Crippen LogP contribution in [0.5, 0.6) is 0 Å². The predicted molar refractivity (Wildman–Crippen MR) is 73.6 cm³/mol. The number of ether oxygens (including phenoxy) is 1. The van der Waals surface area contributed by atoms with E-state index >= 15 is 0 Å². The Hall–Kier alpha value is -2.43. The zero-order valence-corrected chi connectivity index (χ0v) is 11.6. The highest BCUT2D eigenvalue weighted by Crippen LogP contribution is 2.29. The normalized spacial score (nSPS) is 14.6. The fourth-order valence-corrected chi connectivity index (χ4v) is 2.07. The molecule has 1 aliphatic heterocycles. The lowest BCUT2D eigenvalue weighted by molar-refractivity contribution is -0.136. The van der Waals surface area contributed by atoms with Gasteiger partial charge in [0.2, 0.25) is 0 Å². The number of Topliss-reactive ketones (excluding diaryl/α,β-unsaturated/α-hetero) is 1. The van der Waals surface area contributed by atoms with Crippen molar-refractivity contribution in [1.82, 2.24) is 0 Å². The number of carbonyl (C=O) groups excluding carboxylic acids is 3. The Morgan fingerprint density at radius 1 is 1.35 bits per heavy atom. The van der Waals surface area contributed by atoms with E-state index in [4.69, 9.17) is 0 Å². The number of aryl methyl sites for hydroxylation is 1. The number of methoxy groups -OCH3 is 1. The van der Waals surface area contributed by atoms with Crippen molar-refractivity contribution in [3.63, 3.8) is 0 Å². The maximum atomic E-state index is 12.0. The number of hydrogen-bond acceptors (Lipinski definition) is 4. The number of carbonyl (C=O) groups is 3. The fraction of sp³-hybridized carbons (Fsp3) is 0.267. The van der Waals surface area contributed by atoms with Crippen LogP contribution in [0.15, 0.2) is 29.8 Å². The molecule has 20 heavy (non-hydrogen) atoms. The van der Waals surface area contributed by atoms with E-state index in [1.807, 2.05) is 13.0 Å². The molecule has 0 saturated carbocycles. The summed E-state index contributed by atoms with van der Waals surface area (Å²) in [7, 11) is 1.29. The van der Waals surface area contributed by atoms with E-state index in [2.05, 4.69) is 4.74 Å². The van der Waals surface area contributed by atoms with Gasteiger partial charge in [-0.3, -0.25) is 9.59 Å². The van der Waals surface area contributed by atoms with Gasteiger partial charge in [0.25, 0.3) is 11.7 Å². The Kier molecular flexibility index (Phi) is 3.70. The van der Waals surface area contributed by atoms with Crippen LogP contribution in [0.1, 0.15) is 22.8 Å². The molecule has 0 atom stereocenters. The highest BCUT2D eigenvalue weighted by molar-refractivity contribution is 6.52. The summed E-state index contributed by atoms with van der Waals surface area (Å²) < 4.78 is 4.58. The number of hydrogen-bond donors (Lipinski definition) is 0. The lowest BCUT2D eigenvalue weighted by atomic mass is 10.1. The number of esters is 1. The van der Waals surface area contributed by atoms with E-state index in [1.165, 1.54) is 12.0 Å². The summed E-state index contributed by atoms with van der Waals surface area (Å²) >= 11 is 0. The molecule has 1 aliphatic rings. The van der Waals surface area contributed by atoms with Gasteiger partial charge in [-0.15, -0.1) is 0 Å². The molecule has 0 aromatic heterocycles. The van der Waals surface area contributed by atoms with Gasteiger partial charge in [-0.1, -0.05) is 17.7 Å². The van der Waals surface area contributed by atoms with Gasteiger partial charge >= 0.3 is 5.97 Å². The Balaban J connectivity index is 2.29. The quantitative estimate of drug-likeness (QED) is 0.477. The summed E-state index contributed by atoms with van der Waals surface area (Å²) in [4.78, 5) is 36.5. The number of nitrogens with zero attached hydrogens (tertiary/aromatic N) is 1. The molecule has 5 heteroatoms. The Bertz CT molecular complexity index is 631. The van der Waals surface area contributed by atoms with Crippen LogP contribution < -0.4 is 4.90 Å².